The monoisotopic (exact) mass is 377 g/mol. The maximum absolute atomic E-state index is 12.8. The summed E-state index contributed by atoms with van der Waals surface area (Å²) in [6, 6.07) is 8.98. The summed E-state index contributed by atoms with van der Waals surface area (Å²) >= 11 is 0. The molecule has 3 heterocycles. The predicted octanol–water partition coefficient (Wildman–Crippen LogP) is 3.60. The van der Waals surface area contributed by atoms with E-state index in [1.165, 1.54) is 5.69 Å². The van der Waals surface area contributed by atoms with Crippen molar-refractivity contribution in [3.8, 4) is 11.3 Å². The van der Waals surface area contributed by atoms with Crippen molar-refractivity contribution >= 4 is 22.6 Å². The first-order valence-corrected chi connectivity index (χ1v) is 9.65. The Bertz CT molecular complexity index is 1020. The first-order chi connectivity index (χ1) is 13.2. The molecule has 1 aliphatic heterocycles. The molecule has 0 saturated carbocycles. The second-order valence-electron chi connectivity index (χ2n) is 8.81. The molecule has 6 nitrogen and oxygen atoms in total. The van der Waals surface area contributed by atoms with Gasteiger partial charge in [-0.1, -0.05) is 32.9 Å². The number of rotatable bonds is 4. The van der Waals surface area contributed by atoms with Crippen LogP contribution in [0.25, 0.3) is 22.4 Å². The molecule has 1 N–H and O–H groups in total. The van der Waals surface area contributed by atoms with Crippen molar-refractivity contribution < 1.29 is 4.79 Å². The zero-order valence-electron chi connectivity index (χ0n) is 17.2. The second-order valence-corrected chi connectivity index (χ2v) is 8.81. The third-order valence-electron chi connectivity index (χ3n) is 5.41. The number of nitrogens with zero attached hydrogens (tertiary/aromatic N) is 4. The average Bonchev–Trinajstić information content (AvgIpc) is 3.02. The van der Waals surface area contributed by atoms with Gasteiger partial charge in [0.2, 0.25) is 0 Å². The van der Waals surface area contributed by atoms with E-state index in [1.807, 2.05) is 26.8 Å². The van der Waals surface area contributed by atoms with Crippen molar-refractivity contribution in [2.24, 2.45) is 5.41 Å². The minimum atomic E-state index is -0.465. The van der Waals surface area contributed by atoms with E-state index in [0.29, 0.717) is 22.8 Å². The molecule has 0 atom stereocenters. The fourth-order valence-electron chi connectivity index (χ4n) is 3.46. The summed E-state index contributed by atoms with van der Waals surface area (Å²) in [6.45, 7) is 7.82. The molecule has 0 aliphatic carbocycles. The maximum atomic E-state index is 12.8. The van der Waals surface area contributed by atoms with Crippen LogP contribution in [0.2, 0.25) is 0 Å². The van der Waals surface area contributed by atoms with E-state index in [4.69, 9.17) is 4.98 Å². The Balaban J connectivity index is 1.67. The topological polar surface area (TPSA) is 65.1 Å². The molecule has 6 heteroatoms. The molecule has 3 aromatic rings. The molecule has 146 valence electrons. The van der Waals surface area contributed by atoms with Crippen molar-refractivity contribution in [3.63, 3.8) is 0 Å². The van der Waals surface area contributed by atoms with Crippen LogP contribution in [0.3, 0.4) is 0 Å². The number of aromatic amines is 1. The van der Waals surface area contributed by atoms with Crippen molar-refractivity contribution in [3.05, 3.63) is 42.2 Å². The molecule has 2 aromatic heterocycles. The zero-order valence-corrected chi connectivity index (χ0v) is 17.2. The molecule has 1 aliphatic rings. The van der Waals surface area contributed by atoms with Gasteiger partial charge in [0, 0.05) is 42.0 Å². The highest BCUT2D eigenvalue weighted by Gasteiger charge is 2.29. The van der Waals surface area contributed by atoms with Crippen molar-refractivity contribution in [2.45, 2.75) is 26.8 Å². The van der Waals surface area contributed by atoms with Crippen LogP contribution in [0.4, 0.5) is 5.69 Å². The molecule has 28 heavy (non-hydrogen) atoms. The summed E-state index contributed by atoms with van der Waals surface area (Å²) in [5.74, 6) is 0.0641. The SMILES string of the molecule is CN(C)C1CN(c2cccc(-c3cnc4[nH]cc(C(=O)C(C)(C)C)c4n3)c2)C1. The number of hydrogen-bond donors (Lipinski definition) is 1. The summed E-state index contributed by atoms with van der Waals surface area (Å²) in [7, 11) is 4.24. The summed E-state index contributed by atoms with van der Waals surface area (Å²) in [6.07, 6.45) is 3.49. The van der Waals surface area contributed by atoms with Crippen molar-refractivity contribution in [2.75, 3.05) is 32.1 Å². The molecule has 0 unspecified atom stereocenters. The zero-order chi connectivity index (χ0) is 20.1. The number of nitrogens with one attached hydrogen (secondary N) is 1. The van der Waals surface area contributed by atoms with Crippen LogP contribution in [0.15, 0.2) is 36.7 Å². The van der Waals surface area contributed by atoms with Gasteiger partial charge in [0.25, 0.3) is 0 Å². The third kappa shape index (κ3) is 3.29. The van der Waals surface area contributed by atoms with Crippen LogP contribution >= 0.6 is 0 Å². The van der Waals surface area contributed by atoms with Crippen LogP contribution in [-0.2, 0) is 0 Å². The van der Waals surface area contributed by atoms with Crippen molar-refractivity contribution in [1.29, 1.82) is 0 Å². The minimum absolute atomic E-state index is 0.0641. The van der Waals surface area contributed by atoms with Gasteiger partial charge in [0.05, 0.1) is 17.5 Å². The molecular formula is C22H27N5O. The van der Waals surface area contributed by atoms with Gasteiger partial charge in [0.1, 0.15) is 5.52 Å². The summed E-state index contributed by atoms with van der Waals surface area (Å²) in [5, 5.41) is 0. The number of fused-ring (bicyclic) bond motifs is 1. The Labute approximate surface area is 165 Å². The number of likely N-dealkylation sites (N-methyl/N-ethyl adjacent to an activating group) is 1. The lowest BCUT2D eigenvalue weighted by Gasteiger charge is -2.44. The van der Waals surface area contributed by atoms with Gasteiger partial charge < -0.3 is 14.8 Å². The number of ketones is 1. The Hall–Kier alpha value is -2.73. The van der Waals surface area contributed by atoms with E-state index in [2.05, 4.69) is 52.1 Å². The normalized spacial score (nSPS) is 15.3. The Kier molecular flexibility index (Phi) is 4.46. The standard InChI is InChI=1S/C22H27N5O/c1-22(2,3)20(28)17-10-23-21-19(17)25-18(11-24-21)14-7-6-8-15(9-14)27-12-16(13-27)26(4)5/h6-11,16H,12-13H2,1-5H3,(H,23,24). The van der Waals surface area contributed by atoms with Crippen LogP contribution in [0.5, 0.6) is 0 Å². The van der Waals surface area contributed by atoms with E-state index in [9.17, 15) is 4.79 Å². The Morgan fingerprint density at radius 1 is 1.25 bits per heavy atom. The van der Waals surface area contributed by atoms with E-state index < -0.39 is 5.41 Å². The van der Waals surface area contributed by atoms with Gasteiger partial charge >= 0.3 is 0 Å². The quantitative estimate of drug-likeness (QED) is 0.704. The predicted molar refractivity (Wildman–Crippen MR) is 113 cm³/mol. The summed E-state index contributed by atoms with van der Waals surface area (Å²) in [5.41, 5.74) is 4.40. The fourth-order valence-corrected chi connectivity index (χ4v) is 3.46. The minimum Gasteiger partial charge on any atom is -0.368 e. The molecule has 0 radical (unpaired) electrons. The van der Waals surface area contributed by atoms with E-state index >= 15 is 0 Å². The Morgan fingerprint density at radius 2 is 2.00 bits per heavy atom. The van der Waals surface area contributed by atoms with E-state index in [0.717, 1.165) is 24.3 Å². The number of carbonyl (C=O) groups is 1. The molecule has 0 amide bonds. The molecule has 0 bridgehead atoms. The largest absolute Gasteiger partial charge is 0.368 e. The van der Waals surface area contributed by atoms with Crippen LogP contribution in [-0.4, -0.2) is 58.9 Å². The number of carbonyl (C=O) groups excluding carboxylic acids is 1. The summed E-state index contributed by atoms with van der Waals surface area (Å²) in [4.78, 5) is 29.8. The third-order valence-corrected chi connectivity index (χ3v) is 5.41. The number of hydrogen-bond acceptors (Lipinski definition) is 5. The van der Waals surface area contributed by atoms with Crippen LogP contribution in [0.1, 0.15) is 31.1 Å². The van der Waals surface area contributed by atoms with E-state index in [1.54, 1.807) is 12.4 Å². The van der Waals surface area contributed by atoms with Gasteiger partial charge in [-0.2, -0.15) is 0 Å². The highest BCUT2D eigenvalue weighted by Crippen LogP contribution is 2.30. The smallest absolute Gasteiger partial charge is 0.171 e. The van der Waals surface area contributed by atoms with Crippen molar-refractivity contribution in [1.82, 2.24) is 19.9 Å². The molecule has 4 rings (SSSR count). The summed E-state index contributed by atoms with van der Waals surface area (Å²) < 4.78 is 0. The fraction of sp³-hybridized carbons (Fsp3) is 0.409. The first-order valence-electron chi connectivity index (χ1n) is 9.65. The molecule has 1 saturated heterocycles. The highest BCUT2D eigenvalue weighted by atomic mass is 16.1. The number of aromatic nitrogens is 3. The number of benzene rings is 1. The van der Waals surface area contributed by atoms with Gasteiger partial charge in [-0.15, -0.1) is 0 Å². The van der Waals surface area contributed by atoms with Gasteiger partial charge in [-0.3, -0.25) is 4.79 Å². The lowest BCUT2D eigenvalue weighted by atomic mass is 9.87. The van der Waals surface area contributed by atoms with Crippen LogP contribution in [0, 0.1) is 5.41 Å². The number of anilines is 1. The Morgan fingerprint density at radius 3 is 2.68 bits per heavy atom. The van der Waals surface area contributed by atoms with Gasteiger partial charge in [-0.05, 0) is 26.2 Å². The molecule has 1 fully saturated rings. The average molecular weight is 377 g/mol. The van der Waals surface area contributed by atoms with E-state index in [-0.39, 0.29) is 5.78 Å². The number of Topliss-reactive ketones (excluding diaryl/α,β-unsaturated/α-hetero) is 1. The molecule has 1 aromatic carbocycles. The van der Waals surface area contributed by atoms with Crippen LogP contribution < -0.4 is 4.90 Å². The van der Waals surface area contributed by atoms with Gasteiger partial charge in [0.15, 0.2) is 11.4 Å². The number of H-pyrrole nitrogens is 1. The second kappa shape index (κ2) is 6.71. The maximum Gasteiger partial charge on any atom is 0.171 e. The molecule has 0 spiro atoms. The lowest BCUT2D eigenvalue weighted by molar-refractivity contribution is 0.0860. The highest BCUT2D eigenvalue weighted by molar-refractivity contribution is 6.08. The molecular weight excluding hydrogens is 350 g/mol. The lowest BCUT2D eigenvalue weighted by Crippen LogP contribution is -2.57. The van der Waals surface area contributed by atoms with Gasteiger partial charge in [-0.25, -0.2) is 9.97 Å². The first kappa shape index (κ1) is 18.6.